The van der Waals surface area contributed by atoms with Crippen molar-refractivity contribution in [2.24, 2.45) is 0 Å². The predicted molar refractivity (Wildman–Crippen MR) is 205 cm³/mol. The number of alkyl halides is 3. The zero-order valence-electron chi connectivity index (χ0n) is 30.5. The van der Waals surface area contributed by atoms with Gasteiger partial charge in [0.25, 0.3) is 11.8 Å². The Labute approximate surface area is 329 Å². The van der Waals surface area contributed by atoms with E-state index in [0.717, 1.165) is 36.6 Å². The highest BCUT2D eigenvalue weighted by Gasteiger charge is 2.37. The van der Waals surface area contributed by atoms with Gasteiger partial charge < -0.3 is 25.6 Å². The lowest BCUT2D eigenvalue weighted by molar-refractivity contribution is -0.140. The predicted octanol–water partition coefficient (Wildman–Crippen LogP) is 5.45. The molecular weight excluding hydrogens is 775 g/mol. The first-order chi connectivity index (χ1) is 26.7. The average molecular weight is 814 g/mol. The van der Waals surface area contributed by atoms with Crippen LogP contribution in [0, 0.1) is 13.8 Å². The minimum atomic E-state index is -4.79. The Balaban J connectivity index is 0.930. The summed E-state index contributed by atoms with van der Waals surface area (Å²) < 4.78 is 46.9. The lowest BCUT2D eigenvalue weighted by Crippen LogP contribution is -2.47. The Kier molecular flexibility index (Phi) is 12.7. The first kappa shape index (κ1) is 40.3. The minimum absolute atomic E-state index is 0.0300. The second-order valence-electron chi connectivity index (χ2n) is 13.3. The van der Waals surface area contributed by atoms with Crippen LogP contribution in [0.3, 0.4) is 0 Å². The fourth-order valence-corrected chi connectivity index (χ4v) is 7.33. The molecule has 1 unspecified atom stereocenters. The number of nitrogens with one attached hydrogen (secondary N) is 4. The van der Waals surface area contributed by atoms with E-state index >= 15 is 0 Å². The van der Waals surface area contributed by atoms with Gasteiger partial charge in [0.05, 0.1) is 28.4 Å². The number of carbonyl (C=O) groups excluding carboxylic acids is 4. The van der Waals surface area contributed by atoms with Crippen LogP contribution in [-0.2, 0) is 20.6 Å². The number of piperidine rings is 1. The lowest BCUT2D eigenvalue weighted by atomic mass is 9.89. The highest BCUT2D eigenvalue weighted by molar-refractivity contribution is 7.17. The number of rotatable bonds is 13. The summed E-state index contributed by atoms with van der Waals surface area (Å²) in [6, 6.07) is 10.5. The number of hydrogen-bond donors (Lipinski definition) is 4. The van der Waals surface area contributed by atoms with Crippen LogP contribution in [0.4, 0.5) is 35.6 Å². The summed E-state index contributed by atoms with van der Waals surface area (Å²) in [6.45, 7) is 6.93. The number of aromatic nitrogens is 3. The van der Waals surface area contributed by atoms with Crippen molar-refractivity contribution in [1.29, 1.82) is 0 Å². The van der Waals surface area contributed by atoms with Gasteiger partial charge in [-0.25, -0.2) is 15.0 Å². The summed E-state index contributed by atoms with van der Waals surface area (Å²) in [5, 5.41) is 11.8. The van der Waals surface area contributed by atoms with E-state index in [4.69, 9.17) is 16.3 Å². The number of halogens is 4. The van der Waals surface area contributed by atoms with Crippen LogP contribution in [0.2, 0.25) is 5.02 Å². The smallest absolute Gasteiger partial charge is 0.419 e. The highest BCUT2D eigenvalue weighted by atomic mass is 35.5. The molecule has 2 saturated heterocycles. The van der Waals surface area contributed by atoms with E-state index in [1.807, 2.05) is 25.1 Å². The first-order valence-corrected chi connectivity index (χ1v) is 19.0. The van der Waals surface area contributed by atoms with Crippen LogP contribution >= 0.6 is 22.9 Å². The minimum Gasteiger partial charge on any atom is -0.483 e. The van der Waals surface area contributed by atoms with Crippen LogP contribution in [0.5, 0.6) is 5.75 Å². The summed E-state index contributed by atoms with van der Waals surface area (Å²) >= 11 is 7.44. The molecule has 2 aliphatic rings. The van der Waals surface area contributed by atoms with Crippen LogP contribution in [-0.4, -0.2) is 89.4 Å². The molecular formula is C37H39ClF3N9O5S. The number of carbonyl (C=O) groups is 4. The van der Waals surface area contributed by atoms with Gasteiger partial charge in [0.2, 0.25) is 11.8 Å². The van der Waals surface area contributed by atoms with E-state index in [2.05, 4.69) is 46.0 Å². The molecule has 4 amide bonds. The van der Waals surface area contributed by atoms with Crippen LogP contribution in [0.15, 0.2) is 48.7 Å². The maximum Gasteiger partial charge on any atom is 0.419 e. The van der Waals surface area contributed by atoms with Crippen molar-refractivity contribution in [3.8, 4) is 5.75 Å². The van der Waals surface area contributed by atoms with Crippen LogP contribution in [0.25, 0.3) is 0 Å². The van der Waals surface area contributed by atoms with Crippen molar-refractivity contribution < 1.29 is 37.1 Å². The second-order valence-corrected chi connectivity index (χ2v) is 14.7. The Hall–Kier alpha value is -5.33. The molecule has 14 nitrogen and oxygen atoms in total. The molecule has 296 valence electrons. The van der Waals surface area contributed by atoms with Gasteiger partial charge in [-0.1, -0.05) is 41.1 Å². The van der Waals surface area contributed by atoms with Crippen molar-refractivity contribution in [3.05, 3.63) is 81.1 Å². The molecule has 2 fully saturated rings. The largest absolute Gasteiger partial charge is 0.483 e. The number of thiazole rings is 1. The van der Waals surface area contributed by atoms with Crippen LogP contribution < -0.4 is 30.9 Å². The molecule has 0 aliphatic carbocycles. The monoisotopic (exact) mass is 813 g/mol. The van der Waals surface area contributed by atoms with E-state index in [0.29, 0.717) is 65.0 Å². The van der Waals surface area contributed by atoms with E-state index in [1.54, 1.807) is 13.0 Å². The second kappa shape index (κ2) is 17.6. The maximum absolute atomic E-state index is 13.9. The molecule has 0 spiro atoms. The lowest BCUT2D eigenvalue weighted by Gasteiger charge is -2.35. The van der Waals surface area contributed by atoms with Gasteiger partial charge in [-0.15, -0.1) is 0 Å². The van der Waals surface area contributed by atoms with Crippen molar-refractivity contribution in [3.63, 3.8) is 0 Å². The summed E-state index contributed by atoms with van der Waals surface area (Å²) in [5.74, 6) is -1.56. The molecule has 56 heavy (non-hydrogen) atoms. The molecule has 4 aromatic rings. The van der Waals surface area contributed by atoms with Crippen molar-refractivity contribution in [1.82, 2.24) is 30.5 Å². The zero-order chi connectivity index (χ0) is 40.0. The third-order valence-electron chi connectivity index (χ3n) is 9.23. The van der Waals surface area contributed by atoms with Gasteiger partial charge in [-0.05, 0) is 62.6 Å². The summed E-state index contributed by atoms with van der Waals surface area (Å²) in [5.41, 5.74) is 0.409. The van der Waals surface area contributed by atoms with E-state index in [9.17, 15) is 32.3 Å². The summed E-state index contributed by atoms with van der Waals surface area (Å²) in [6.07, 6.45) is -2.55. The Morgan fingerprint density at radius 1 is 1.07 bits per heavy atom. The van der Waals surface area contributed by atoms with Gasteiger partial charge in [0, 0.05) is 45.2 Å². The molecule has 0 radical (unpaired) electrons. The third-order valence-corrected chi connectivity index (χ3v) is 10.5. The van der Waals surface area contributed by atoms with E-state index in [1.165, 1.54) is 23.6 Å². The molecule has 2 aromatic carbocycles. The molecule has 4 N–H and O–H groups in total. The highest BCUT2D eigenvalue weighted by Crippen LogP contribution is 2.39. The van der Waals surface area contributed by atoms with E-state index < -0.39 is 47.7 Å². The molecule has 0 saturated carbocycles. The van der Waals surface area contributed by atoms with E-state index in [-0.39, 0.29) is 24.3 Å². The molecule has 4 heterocycles. The number of para-hydroxylation sites is 1. The number of piperazine rings is 1. The number of benzene rings is 2. The number of aryl methyl sites for hydroxylation is 2. The van der Waals surface area contributed by atoms with Crippen LogP contribution in [0.1, 0.15) is 57.4 Å². The fraction of sp³-hybridized carbons (Fsp3) is 0.378. The molecule has 0 bridgehead atoms. The number of amides is 4. The van der Waals surface area contributed by atoms with Crippen molar-refractivity contribution >= 4 is 69.0 Å². The van der Waals surface area contributed by atoms with Gasteiger partial charge in [0.1, 0.15) is 28.1 Å². The number of imide groups is 1. The number of hydrogen-bond acceptors (Lipinski definition) is 12. The van der Waals surface area contributed by atoms with Crippen molar-refractivity contribution in [2.75, 3.05) is 61.4 Å². The Morgan fingerprint density at radius 3 is 2.59 bits per heavy atom. The normalized spacial score (nSPS) is 16.3. The third kappa shape index (κ3) is 10.3. The number of anilines is 4. The van der Waals surface area contributed by atoms with Crippen molar-refractivity contribution in [2.45, 2.75) is 45.2 Å². The quantitative estimate of drug-likeness (QED) is 0.100. The Morgan fingerprint density at radius 2 is 1.86 bits per heavy atom. The Bertz CT molecular complexity index is 2090. The molecule has 19 heteroatoms. The topological polar surface area (TPSA) is 171 Å². The summed E-state index contributed by atoms with van der Waals surface area (Å²) in [7, 11) is 0. The molecule has 1 atom stereocenters. The molecule has 6 rings (SSSR count). The standard InChI is InChI=1S/C37H39ClF3N9O5S/c1-21-5-3-6-26(38)33(21)48-35(54)28-19-43-36(56-28)46-29-18-30(45-22(2)44-29)50-15-13-49(14-16-50)12-4-11-42-32(52)20-55-27-9-7-23(17-25(27)37(39,40)41)24-8-10-31(51)47-34(24)53/h3,5-7,9,17-19,24H,4,8,10-16,20H2,1-2H3,(H,42,52)(H,48,54)(H,47,51,53)(H,43,44,45,46). The van der Waals surface area contributed by atoms with Gasteiger partial charge in [-0.3, -0.25) is 29.4 Å². The fourth-order valence-electron chi connectivity index (χ4n) is 6.34. The average Bonchev–Trinajstić information content (AvgIpc) is 3.62. The van der Waals surface area contributed by atoms with Gasteiger partial charge in [0.15, 0.2) is 11.7 Å². The summed E-state index contributed by atoms with van der Waals surface area (Å²) in [4.78, 5) is 67.2. The van der Waals surface area contributed by atoms with Gasteiger partial charge >= 0.3 is 6.18 Å². The molecule has 2 aromatic heterocycles. The van der Waals surface area contributed by atoms with Gasteiger partial charge in [-0.2, -0.15) is 13.2 Å². The first-order valence-electron chi connectivity index (χ1n) is 17.8. The number of nitrogens with zero attached hydrogens (tertiary/aromatic N) is 5. The molecule has 2 aliphatic heterocycles. The SMILES string of the molecule is Cc1nc(Nc2ncc(C(=O)Nc3c(C)cccc3Cl)s2)cc(N2CCN(CCCNC(=O)COc3ccc(C4CCC(=O)NC4=O)cc3C(F)(F)F)CC2)n1. The zero-order valence-corrected chi connectivity index (χ0v) is 32.0. The maximum atomic E-state index is 13.9. The number of ether oxygens (including phenoxy) is 1.